The van der Waals surface area contributed by atoms with E-state index in [0.29, 0.717) is 40.8 Å². The van der Waals surface area contributed by atoms with Crippen molar-refractivity contribution in [3.8, 4) is 11.5 Å². The summed E-state index contributed by atoms with van der Waals surface area (Å²) in [4.78, 5) is 0. The summed E-state index contributed by atoms with van der Waals surface area (Å²) >= 11 is 12.7. The second-order valence-corrected chi connectivity index (χ2v) is 7.38. The van der Waals surface area contributed by atoms with Gasteiger partial charge in [-0.2, -0.15) is 0 Å². The van der Waals surface area contributed by atoms with E-state index in [-0.39, 0.29) is 0 Å². The summed E-state index contributed by atoms with van der Waals surface area (Å²) in [6.07, 6.45) is 5.11. The summed E-state index contributed by atoms with van der Waals surface area (Å²) in [5, 5.41) is 4.97. The summed E-state index contributed by atoms with van der Waals surface area (Å²) < 4.78 is 11.7. The van der Waals surface area contributed by atoms with Gasteiger partial charge in [0, 0.05) is 34.3 Å². The molecule has 0 aliphatic heterocycles. The second kappa shape index (κ2) is 9.50. The van der Waals surface area contributed by atoms with Crippen molar-refractivity contribution >= 4 is 23.2 Å². The molecule has 1 aliphatic carbocycles. The Labute approximate surface area is 165 Å². The summed E-state index contributed by atoms with van der Waals surface area (Å²) in [5.41, 5.74) is 1.96. The van der Waals surface area contributed by atoms with Gasteiger partial charge < -0.3 is 14.8 Å². The molecule has 0 spiro atoms. The molecule has 2 aromatic rings. The maximum absolute atomic E-state index is 6.50. The lowest BCUT2D eigenvalue weighted by Crippen LogP contribution is -2.25. The minimum atomic E-state index is 0.371. The molecule has 0 unspecified atom stereocenters. The molecule has 0 aromatic heterocycles. The molecule has 2 aromatic carbocycles. The van der Waals surface area contributed by atoms with Crippen molar-refractivity contribution in [3.05, 3.63) is 57.6 Å². The van der Waals surface area contributed by atoms with Crippen LogP contribution in [0.25, 0.3) is 0 Å². The number of benzene rings is 2. The van der Waals surface area contributed by atoms with Crippen molar-refractivity contribution in [1.29, 1.82) is 0 Å². The lowest BCUT2D eigenvalue weighted by Gasteiger charge is -2.17. The van der Waals surface area contributed by atoms with Crippen LogP contribution in [-0.4, -0.2) is 12.6 Å². The topological polar surface area (TPSA) is 30.5 Å². The number of nitrogens with one attached hydrogen (secondary N) is 1. The van der Waals surface area contributed by atoms with Crippen molar-refractivity contribution in [2.75, 3.05) is 6.61 Å². The van der Waals surface area contributed by atoms with E-state index in [1.807, 2.05) is 43.3 Å². The SMILES string of the molecule is CCOc1cc(CNC2CCCC2)c(Cl)cc1OCc1ccccc1Cl. The lowest BCUT2D eigenvalue weighted by atomic mass is 10.1. The first-order valence-corrected chi connectivity index (χ1v) is 9.97. The highest BCUT2D eigenvalue weighted by atomic mass is 35.5. The van der Waals surface area contributed by atoms with Crippen LogP contribution in [0, 0.1) is 0 Å². The molecule has 5 heteroatoms. The fourth-order valence-electron chi connectivity index (χ4n) is 3.25. The third-order valence-corrected chi connectivity index (χ3v) is 5.41. The van der Waals surface area contributed by atoms with Crippen molar-refractivity contribution in [1.82, 2.24) is 5.32 Å². The summed E-state index contributed by atoms with van der Waals surface area (Å²) in [7, 11) is 0. The van der Waals surface area contributed by atoms with Crippen LogP contribution in [0.5, 0.6) is 11.5 Å². The van der Waals surface area contributed by atoms with Crippen molar-refractivity contribution in [2.45, 2.75) is 51.8 Å². The molecule has 140 valence electrons. The van der Waals surface area contributed by atoms with E-state index in [0.717, 1.165) is 17.7 Å². The van der Waals surface area contributed by atoms with E-state index < -0.39 is 0 Å². The molecule has 0 atom stereocenters. The maximum Gasteiger partial charge on any atom is 0.163 e. The standard InChI is InChI=1S/C21H25Cl2NO2/c1-2-25-20-11-16(13-24-17-8-4-5-9-17)19(23)12-21(20)26-14-15-7-3-6-10-18(15)22/h3,6-7,10-12,17,24H,2,4-5,8-9,13-14H2,1H3. The number of halogens is 2. The molecule has 1 aliphatic rings. The van der Waals surface area contributed by atoms with Crippen molar-refractivity contribution < 1.29 is 9.47 Å². The zero-order valence-electron chi connectivity index (χ0n) is 15.1. The lowest BCUT2D eigenvalue weighted by molar-refractivity contribution is 0.269. The number of ether oxygens (including phenoxy) is 2. The summed E-state index contributed by atoms with van der Waals surface area (Å²) in [6.45, 7) is 3.65. The highest BCUT2D eigenvalue weighted by Gasteiger charge is 2.16. The molecule has 26 heavy (non-hydrogen) atoms. The highest BCUT2D eigenvalue weighted by Crippen LogP contribution is 2.35. The second-order valence-electron chi connectivity index (χ2n) is 6.57. The van der Waals surface area contributed by atoms with Crippen LogP contribution in [0.3, 0.4) is 0 Å². The van der Waals surface area contributed by atoms with Crippen LogP contribution in [0.1, 0.15) is 43.7 Å². The largest absolute Gasteiger partial charge is 0.490 e. The molecule has 1 N–H and O–H groups in total. The number of hydrogen-bond donors (Lipinski definition) is 1. The van der Waals surface area contributed by atoms with Gasteiger partial charge in [0.1, 0.15) is 6.61 Å². The first kappa shape index (κ1) is 19.3. The molecule has 0 saturated heterocycles. The molecule has 1 fully saturated rings. The van der Waals surface area contributed by atoms with Gasteiger partial charge in [0.25, 0.3) is 0 Å². The third-order valence-electron chi connectivity index (χ3n) is 4.69. The van der Waals surface area contributed by atoms with Gasteiger partial charge in [-0.05, 0) is 37.5 Å². The van der Waals surface area contributed by atoms with Gasteiger partial charge in [-0.1, -0.05) is 54.2 Å². The minimum Gasteiger partial charge on any atom is -0.490 e. The fraction of sp³-hybridized carbons (Fsp3) is 0.429. The van der Waals surface area contributed by atoms with Crippen molar-refractivity contribution in [3.63, 3.8) is 0 Å². The molecular formula is C21H25Cl2NO2. The Kier molecular flexibility index (Phi) is 7.07. The Morgan fingerprint density at radius 1 is 0.962 bits per heavy atom. The predicted octanol–water partition coefficient (Wildman–Crippen LogP) is 6.00. The van der Waals surface area contributed by atoms with Gasteiger partial charge in [0.2, 0.25) is 0 Å². The molecular weight excluding hydrogens is 369 g/mol. The monoisotopic (exact) mass is 393 g/mol. The zero-order chi connectivity index (χ0) is 18.4. The van der Waals surface area contributed by atoms with Crippen LogP contribution in [0.4, 0.5) is 0 Å². The molecule has 0 bridgehead atoms. The smallest absolute Gasteiger partial charge is 0.163 e. The zero-order valence-corrected chi connectivity index (χ0v) is 16.6. The van der Waals surface area contributed by atoms with Gasteiger partial charge in [-0.3, -0.25) is 0 Å². The predicted molar refractivity (Wildman–Crippen MR) is 108 cm³/mol. The normalized spacial score (nSPS) is 14.6. The Morgan fingerprint density at radius 3 is 2.42 bits per heavy atom. The first-order chi connectivity index (χ1) is 12.7. The van der Waals surface area contributed by atoms with E-state index in [2.05, 4.69) is 5.32 Å². The van der Waals surface area contributed by atoms with Crippen molar-refractivity contribution in [2.24, 2.45) is 0 Å². The van der Waals surface area contributed by atoms with E-state index in [1.165, 1.54) is 25.7 Å². The van der Waals surface area contributed by atoms with Gasteiger partial charge in [-0.15, -0.1) is 0 Å². The Balaban J connectivity index is 1.72. The van der Waals surface area contributed by atoms with Crippen LogP contribution < -0.4 is 14.8 Å². The van der Waals surface area contributed by atoms with E-state index in [4.69, 9.17) is 32.7 Å². The summed E-state index contributed by atoms with van der Waals surface area (Å²) in [6, 6.07) is 12.1. The van der Waals surface area contributed by atoms with E-state index in [1.54, 1.807) is 0 Å². The molecule has 3 rings (SSSR count). The number of rotatable bonds is 8. The van der Waals surface area contributed by atoms with Crippen LogP contribution in [-0.2, 0) is 13.2 Å². The van der Waals surface area contributed by atoms with Crippen LogP contribution in [0.15, 0.2) is 36.4 Å². The molecule has 0 radical (unpaired) electrons. The van der Waals surface area contributed by atoms with Gasteiger partial charge in [0.05, 0.1) is 6.61 Å². The first-order valence-electron chi connectivity index (χ1n) is 9.22. The Morgan fingerprint density at radius 2 is 1.69 bits per heavy atom. The average molecular weight is 394 g/mol. The number of hydrogen-bond acceptors (Lipinski definition) is 3. The fourth-order valence-corrected chi connectivity index (χ4v) is 3.66. The minimum absolute atomic E-state index is 0.371. The van der Waals surface area contributed by atoms with Crippen LogP contribution >= 0.6 is 23.2 Å². The van der Waals surface area contributed by atoms with Crippen LogP contribution in [0.2, 0.25) is 10.0 Å². The maximum atomic E-state index is 6.50. The Bertz CT molecular complexity index is 730. The Hall–Kier alpha value is -1.42. The van der Waals surface area contributed by atoms with E-state index >= 15 is 0 Å². The van der Waals surface area contributed by atoms with Gasteiger partial charge >= 0.3 is 0 Å². The van der Waals surface area contributed by atoms with Gasteiger partial charge in [0.15, 0.2) is 11.5 Å². The molecule has 1 saturated carbocycles. The van der Waals surface area contributed by atoms with E-state index in [9.17, 15) is 0 Å². The third kappa shape index (κ3) is 5.06. The average Bonchev–Trinajstić information content (AvgIpc) is 3.15. The molecule has 0 amide bonds. The van der Waals surface area contributed by atoms with Gasteiger partial charge in [-0.25, -0.2) is 0 Å². The summed E-state index contributed by atoms with van der Waals surface area (Å²) in [5.74, 6) is 1.36. The quantitative estimate of drug-likeness (QED) is 0.595. The molecule has 3 nitrogen and oxygen atoms in total. The highest BCUT2D eigenvalue weighted by molar-refractivity contribution is 6.31. The molecule has 0 heterocycles.